The monoisotopic (exact) mass is 332 g/mol. The summed E-state index contributed by atoms with van der Waals surface area (Å²) in [5.74, 6) is 0. The predicted octanol–water partition coefficient (Wildman–Crippen LogP) is 4.64. The molecule has 0 radical (unpaired) electrons. The Hall–Kier alpha value is -1.49. The van der Waals surface area contributed by atoms with Crippen LogP contribution in [-0.2, 0) is 0 Å². The molecule has 2 fully saturated rings. The first-order chi connectivity index (χ1) is 11.1. The summed E-state index contributed by atoms with van der Waals surface area (Å²) in [4.78, 5) is 26.4. The zero-order chi connectivity index (χ0) is 16.4. The zero-order valence-electron chi connectivity index (χ0n) is 13.7. The highest BCUT2D eigenvalue weighted by atomic mass is 32.2. The summed E-state index contributed by atoms with van der Waals surface area (Å²) in [5.41, 5.74) is 2.31. The van der Waals surface area contributed by atoms with Crippen LogP contribution in [0.2, 0.25) is 0 Å². The fourth-order valence-electron chi connectivity index (χ4n) is 3.55. The first-order valence-electron chi connectivity index (χ1n) is 8.44. The minimum absolute atomic E-state index is 0.0146. The lowest BCUT2D eigenvalue weighted by Crippen LogP contribution is -2.48. The molecule has 1 aliphatic heterocycles. The van der Waals surface area contributed by atoms with E-state index in [0.717, 1.165) is 31.2 Å². The summed E-state index contributed by atoms with van der Waals surface area (Å²) in [6, 6.07) is 7.97. The van der Waals surface area contributed by atoms with Crippen LogP contribution in [0, 0.1) is 6.92 Å². The zero-order valence-corrected chi connectivity index (χ0v) is 14.6. The van der Waals surface area contributed by atoms with Crippen LogP contribution in [0.25, 0.3) is 0 Å². The molecule has 2 atom stereocenters. The molecule has 0 spiro atoms. The number of thioether (sulfide) groups is 1. The molecule has 5 heteroatoms. The van der Waals surface area contributed by atoms with E-state index in [4.69, 9.17) is 0 Å². The van der Waals surface area contributed by atoms with E-state index in [1.165, 1.54) is 28.6 Å². The molecule has 3 rings (SSSR count). The van der Waals surface area contributed by atoms with Crippen molar-refractivity contribution in [3.63, 3.8) is 0 Å². The number of benzene rings is 1. The molecule has 1 heterocycles. The number of hydrogen-bond acceptors (Lipinski definition) is 3. The van der Waals surface area contributed by atoms with E-state index in [2.05, 4.69) is 24.4 Å². The number of carbonyl (C=O) groups excluding carboxylic acids is 2. The van der Waals surface area contributed by atoms with Crippen LogP contribution in [0.3, 0.4) is 0 Å². The average molecular weight is 332 g/mol. The summed E-state index contributed by atoms with van der Waals surface area (Å²) in [7, 11) is 0. The molecule has 4 nitrogen and oxygen atoms in total. The van der Waals surface area contributed by atoms with E-state index in [-0.39, 0.29) is 28.6 Å². The molecule has 1 N–H and O–H groups in total. The lowest BCUT2D eigenvalue weighted by molar-refractivity contribution is 0.184. The first kappa shape index (κ1) is 16.4. The van der Waals surface area contributed by atoms with Crippen LogP contribution in [-0.4, -0.2) is 28.3 Å². The summed E-state index contributed by atoms with van der Waals surface area (Å²) in [6.45, 7) is 4.02. The molecule has 1 saturated carbocycles. The number of imide groups is 1. The molecule has 1 saturated heterocycles. The number of nitrogens with zero attached hydrogens (tertiary/aromatic N) is 1. The van der Waals surface area contributed by atoms with Crippen molar-refractivity contribution in [2.45, 2.75) is 63.3 Å². The second-order valence-corrected chi connectivity index (χ2v) is 7.65. The topological polar surface area (TPSA) is 49.4 Å². The van der Waals surface area contributed by atoms with Gasteiger partial charge in [0.25, 0.3) is 5.24 Å². The molecule has 1 aromatic carbocycles. The number of carbonyl (C=O) groups is 2. The molecule has 0 unspecified atom stereocenters. The molecular formula is C18H24N2O2S. The van der Waals surface area contributed by atoms with E-state index in [1.807, 2.05) is 19.1 Å². The Morgan fingerprint density at radius 1 is 1.22 bits per heavy atom. The van der Waals surface area contributed by atoms with Crippen molar-refractivity contribution in [1.29, 1.82) is 0 Å². The van der Waals surface area contributed by atoms with Gasteiger partial charge in [0.2, 0.25) is 0 Å². The number of rotatable bonds is 2. The second-order valence-electron chi connectivity index (χ2n) is 6.56. The van der Waals surface area contributed by atoms with Crippen LogP contribution in [0.4, 0.5) is 9.59 Å². The SMILES string of the molecule is Cc1ccccc1[C@@H]1SC(=O)N(C(=O)NC2CCCCC2)[C@H]1C. The first-order valence-corrected chi connectivity index (χ1v) is 9.32. The molecule has 23 heavy (non-hydrogen) atoms. The molecule has 0 bridgehead atoms. The number of nitrogens with one attached hydrogen (secondary N) is 1. The number of amides is 3. The maximum Gasteiger partial charge on any atom is 0.325 e. The van der Waals surface area contributed by atoms with Crippen molar-refractivity contribution in [3.05, 3.63) is 35.4 Å². The van der Waals surface area contributed by atoms with Gasteiger partial charge in [-0.25, -0.2) is 4.79 Å². The summed E-state index contributed by atoms with van der Waals surface area (Å²) < 4.78 is 0. The lowest BCUT2D eigenvalue weighted by Gasteiger charge is -2.27. The maximum atomic E-state index is 12.6. The number of urea groups is 1. The van der Waals surface area contributed by atoms with Gasteiger partial charge >= 0.3 is 6.03 Å². The van der Waals surface area contributed by atoms with Crippen molar-refractivity contribution < 1.29 is 9.59 Å². The highest BCUT2D eigenvalue weighted by Gasteiger charge is 2.43. The molecule has 3 amide bonds. The Morgan fingerprint density at radius 3 is 2.61 bits per heavy atom. The van der Waals surface area contributed by atoms with Crippen LogP contribution < -0.4 is 5.32 Å². The minimum Gasteiger partial charge on any atom is -0.335 e. The van der Waals surface area contributed by atoms with Crippen LogP contribution in [0.1, 0.15) is 55.4 Å². The van der Waals surface area contributed by atoms with Crippen molar-refractivity contribution in [1.82, 2.24) is 10.2 Å². The molecular weight excluding hydrogens is 308 g/mol. The van der Waals surface area contributed by atoms with E-state index in [1.54, 1.807) is 0 Å². The van der Waals surface area contributed by atoms with Crippen LogP contribution in [0.5, 0.6) is 0 Å². The Balaban J connectivity index is 1.72. The third kappa shape index (κ3) is 3.39. The fraction of sp³-hybridized carbons (Fsp3) is 0.556. The van der Waals surface area contributed by atoms with Gasteiger partial charge in [0.15, 0.2) is 0 Å². The Kier molecular flexibility index (Phi) is 4.95. The van der Waals surface area contributed by atoms with Crippen molar-refractivity contribution >= 4 is 23.0 Å². The van der Waals surface area contributed by atoms with Gasteiger partial charge in [0.05, 0.1) is 11.3 Å². The van der Waals surface area contributed by atoms with Gasteiger partial charge in [0.1, 0.15) is 0 Å². The van der Waals surface area contributed by atoms with Crippen LogP contribution in [0.15, 0.2) is 24.3 Å². The van der Waals surface area contributed by atoms with Gasteiger partial charge in [-0.3, -0.25) is 9.69 Å². The van der Waals surface area contributed by atoms with E-state index in [9.17, 15) is 9.59 Å². The summed E-state index contributed by atoms with van der Waals surface area (Å²) >= 11 is 1.27. The smallest absolute Gasteiger partial charge is 0.325 e. The highest BCUT2D eigenvalue weighted by molar-refractivity contribution is 8.14. The van der Waals surface area contributed by atoms with E-state index < -0.39 is 0 Å². The van der Waals surface area contributed by atoms with Crippen molar-refractivity contribution in [2.24, 2.45) is 0 Å². The minimum atomic E-state index is -0.224. The standard InChI is InChI=1S/C18H24N2O2S/c1-12-8-6-7-11-15(12)16-13(2)20(18(22)23-16)17(21)19-14-9-4-3-5-10-14/h6-8,11,13-14,16H,3-5,9-10H2,1-2H3,(H,19,21)/t13-,16+/m0/s1. The molecule has 124 valence electrons. The Morgan fingerprint density at radius 2 is 1.91 bits per heavy atom. The van der Waals surface area contributed by atoms with Gasteiger partial charge in [0, 0.05) is 6.04 Å². The van der Waals surface area contributed by atoms with Gasteiger partial charge in [-0.05, 0) is 37.8 Å². The molecule has 2 aliphatic rings. The average Bonchev–Trinajstić information content (AvgIpc) is 2.83. The molecule has 1 aliphatic carbocycles. The summed E-state index contributed by atoms with van der Waals surface area (Å²) in [5, 5.41) is 2.94. The van der Waals surface area contributed by atoms with Crippen LogP contribution >= 0.6 is 11.8 Å². The Labute approximate surface area is 142 Å². The fourth-order valence-corrected chi connectivity index (χ4v) is 4.84. The van der Waals surface area contributed by atoms with Gasteiger partial charge < -0.3 is 5.32 Å². The van der Waals surface area contributed by atoms with Gasteiger partial charge in [-0.15, -0.1) is 0 Å². The lowest BCUT2D eigenvalue weighted by atomic mass is 9.95. The predicted molar refractivity (Wildman–Crippen MR) is 93.6 cm³/mol. The Bertz CT molecular complexity index is 598. The van der Waals surface area contributed by atoms with Crippen molar-refractivity contribution in [3.8, 4) is 0 Å². The van der Waals surface area contributed by atoms with E-state index in [0.29, 0.717) is 0 Å². The third-order valence-corrected chi connectivity index (χ3v) is 6.22. The normalized spacial score (nSPS) is 25.7. The van der Waals surface area contributed by atoms with E-state index >= 15 is 0 Å². The second kappa shape index (κ2) is 6.95. The molecule has 0 aromatic heterocycles. The maximum absolute atomic E-state index is 12.6. The quantitative estimate of drug-likeness (QED) is 0.858. The molecule has 1 aromatic rings. The third-order valence-electron chi connectivity index (χ3n) is 4.92. The number of hydrogen-bond donors (Lipinski definition) is 1. The van der Waals surface area contributed by atoms with Crippen molar-refractivity contribution in [2.75, 3.05) is 0 Å². The number of aryl methyl sites for hydroxylation is 1. The summed E-state index contributed by atoms with van der Waals surface area (Å²) in [6.07, 6.45) is 5.62. The highest BCUT2D eigenvalue weighted by Crippen LogP contribution is 2.44. The van der Waals surface area contributed by atoms with Gasteiger partial charge in [-0.2, -0.15) is 0 Å². The largest absolute Gasteiger partial charge is 0.335 e. The van der Waals surface area contributed by atoms with Gasteiger partial charge in [-0.1, -0.05) is 55.3 Å².